The van der Waals surface area contributed by atoms with Crippen LogP contribution in [0.4, 0.5) is 0 Å². The lowest BCUT2D eigenvalue weighted by Gasteiger charge is -2.22. The molecule has 0 fully saturated rings. The summed E-state index contributed by atoms with van der Waals surface area (Å²) in [6.45, 7) is 0.878. The van der Waals surface area contributed by atoms with Gasteiger partial charge in [-0.2, -0.15) is 0 Å². The maximum Gasteiger partial charge on any atom is 0.253 e. The Bertz CT molecular complexity index is 460. The normalized spacial score (nSPS) is 14.3. The average Bonchev–Trinajstić information content (AvgIpc) is 2.87. The van der Waals surface area contributed by atoms with Gasteiger partial charge in [-0.05, 0) is 17.7 Å². The van der Waals surface area contributed by atoms with Crippen LogP contribution in [0.2, 0.25) is 0 Å². The van der Waals surface area contributed by atoms with Crippen molar-refractivity contribution in [2.75, 3.05) is 27.5 Å². The van der Waals surface area contributed by atoms with Crippen LogP contribution in [0.5, 0.6) is 11.5 Å². The molecule has 0 spiro atoms. The van der Waals surface area contributed by atoms with Gasteiger partial charge in [0.25, 0.3) is 5.91 Å². The zero-order valence-corrected chi connectivity index (χ0v) is 11.1. The van der Waals surface area contributed by atoms with Gasteiger partial charge in [-0.15, -0.1) is 0 Å². The fraction of sp³-hybridized carbons (Fsp3) is 0.462. The molecule has 1 aliphatic rings. The Morgan fingerprint density at radius 2 is 2.21 bits per heavy atom. The van der Waals surface area contributed by atoms with Gasteiger partial charge in [-0.1, -0.05) is 6.07 Å². The SMILES string of the molecule is COC(CN)C(=O)N(C)Cc1ccc2c(c1)OCO2. The van der Waals surface area contributed by atoms with E-state index >= 15 is 0 Å². The number of hydrogen-bond donors (Lipinski definition) is 1. The van der Waals surface area contributed by atoms with E-state index in [9.17, 15) is 4.79 Å². The second kappa shape index (κ2) is 5.90. The number of benzene rings is 1. The summed E-state index contributed by atoms with van der Waals surface area (Å²) < 4.78 is 15.6. The van der Waals surface area contributed by atoms with Gasteiger partial charge in [0, 0.05) is 27.2 Å². The van der Waals surface area contributed by atoms with E-state index in [-0.39, 0.29) is 19.2 Å². The predicted octanol–water partition coefficient (Wildman–Crippen LogP) is 0.347. The molecule has 0 radical (unpaired) electrons. The highest BCUT2D eigenvalue weighted by Crippen LogP contribution is 2.32. The molecule has 0 bridgehead atoms. The van der Waals surface area contributed by atoms with Gasteiger partial charge in [-0.3, -0.25) is 4.79 Å². The van der Waals surface area contributed by atoms with E-state index in [1.807, 2.05) is 18.2 Å². The number of nitrogens with two attached hydrogens (primary N) is 1. The molecule has 1 aliphatic heterocycles. The summed E-state index contributed by atoms with van der Waals surface area (Å²) in [6, 6.07) is 5.62. The number of fused-ring (bicyclic) bond motifs is 1. The highest BCUT2D eigenvalue weighted by atomic mass is 16.7. The molecule has 104 valence electrons. The Morgan fingerprint density at radius 3 is 2.89 bits per heavy atom. The van der Waals surface area contributed by atoms with Crippen LogP contribution in [0.25, 0.3) is 0 Å². The summed E-state index contributed by atoms with van der Waals surface area (Å²) in [4.78, 5) is 13.6. The third-order valence-electron chi connectivity index (χ3n) is 3.01. The monoisotopic (exact) mass is 266 g/mol. The van der Waals surface area contributed by atoms with Crippen molar-refractivity contribution in [1.82, 2.24) is 4.90 Å². The molecule has 6 nitrogen and oxygen atoms in total. The summed E-state index contributed by atoms with van der Waals surface area (Å²) >= 11 is 0. The molecule has 1 aromatic rings. The van der Waals surface area contributed by atoms with Gasteiger partial charge in [0.1, 0.15) is 6.10 Å². The Balaban J connectivity index is 2.02. The van der Waals surface area contributed by atoms with Crippen LogP contribution in [0, 0.1) is 0 Å². The van der Waals surface area contributed by atoms with Crippen LogP contribution in [0.15, 0.2) is 18.2 Å². The molecule has 0 aromatic heterocycles. The van der Waals surface area contributed by atoms with Crippen LogP contribution in [0.1, 0.15) is 5.56 Å². The smallest absolute Gasteiger partial charge is 0.253 e. The van der Waals surface area contributed by atoms with Crippen LogP contribution < -0.4 is 15.2 Å². The number of nitrogens with zero attached hydrogens (tertiary/aromatic N) is 1. The summed E-state index contributed by atoms with van der Waals surface area (Å²) in [6.07, 6.45) is -0.598. The maximum atomic E-state index is 12.0. The van der Waals surface area contributed by atoms with E-state index in [0.29, 0.717) is 12.3 Å². The Hall–Kier alpha value is -1.79. The van der Waals surface area contributed by atoms with Crippen LogP contribution in [-0.4, -0.2) is 44.4 Å². The van der Waals surface area contributed by atoms with Gasteiger partial charge < -0.3 is 24.8 Å². The molecule has 1 atom stereocenters. The van der Waals surface area contributed by atoms with Crippen LogP contribution in [0.3, 0.4) is 0 Å². The van der Waals surface area contributed by atoms with Crippen molar-refractivity contribution in [1.29, 1.82) is 0 Å². The highest BCUT2D eigenvalue weighted by molar-refractivity contribution is 5.80. The van der Waals surface area contributed by atoms with E-state index in [2.05, 4.69) is 0 Å². The lowest BCUT2D eigenvalue weighted by atomic mass is 10.2. The van der Waals surface area contributed by atoms with Crippen molar-refractivity contribution < 1.29 is 19.0 Å². The minimum Gasteiger partial charge on any atom is -0.454 e. The second-order valence-electron chi connectivity index (χ2n) is 4.34. The van der Waals surface area contributed by atoms with Crippen molar-refractivity contribution >= 4 is 5.91 Å². The second-order valence-corrected chi connectivity index (χ2v) is 4.34. The van der Waals surface area contributed by atoms with E-state index in [0.717, 1.165) is 11.3 Å². The number of likely N-dealkylation sites (N-methyl/N-ethyl adjacent to an activating group) is 1. The van der Waals surface area contributed by atoms with Crippen LogP contribution >= 0.6 is 0 Å². The zero-order valence-electron chi connectivity index (χ0n) is 11.1. The fourth-order valence-electron chi connectivity index (χ4n) is 1.93. The van der Waals surface area contributed by atoms with E-state index in [4.69, 9.17) is 19.9 Å². The first-order valence-electron chi connectivity index (χ1n) is 6.02. The van der Waals surface area contributed by atoms with Crippen molar-refractivity contribution in [2.45, 2.75) is 12.6 Å². The third kappa shape index (κ3) is 2.97. The number of rotatable bonds is 5. The lowest BCUT2D eigenvalue weighted by molar-refractivity contribution is -0.140. The number of amides is 1. The molecule has 0 aliphatic carbocycles. The average molecular weight is 266 g/mol. The third-order valence-corrected chi connectivity index (χ3v) is 3.01. The molecule has 1 aromatic carbocycles. The Morgan fingerprint density at radius 1 is 1.47 bits per heavy atom. The molecule has 1 amide bonds. The van der Waals surface area contributed by atoms with Crippen molar-refractivity contribution in [3.63, 3.8) is 0 Å². The fourth-order valence-corrected chi connectivity index (χ4v) is 1.93. The molecule has 6 heteroatoms. The Labute approximate surface area is 112 Å². The number of carbonyl (C=O) groups excluding carboxylic acids is 1. The lowest BCUT2D eigenvalue weighted by Crippen LogP contribution is -2.41. The standard InChI is InChI=1S/C13H18N2O4/c1-15(13(16)12(6-14)17-2)7-9-3-4-10-11(5-9)19-8-18-10/h3-5,12H,6-8,14H2,1-2H3. The zero-order chi connectivity index (χ0) is 13.8. The van der Waals surface area contributed by atoms with Gasteiger partial charge in [0.15, 0.2) is 11.5 Å². The number of hydrogen-bond acceptors (Lipinski definition) is 5. The molecule has 19 heavy (non-hydrogen) atoms. The Kier molecular flexibility index (Phi) is 4.24. The van der Waals surface area contributed by atoms with Crippen molar-refractivity contribution in [3.05, 3.63) is 23.8 Å². The van der Waals surface area contributed by atoms with Crippen molar-refractivity contribution in [2.24, 2.45) is 5.73 Å². The van der Waals surface area contributed by atoms with Gasteiger partial charge in [-0.25, -0.2) is 0 Å². The first-order valence-corrected chi connectivity index (χ1v) is 6.02. The number of ether oxygens (including phenoxy) is 3. The van der Waals surface area contributed by atoms with Crippen LogP contribution in [-0.2, 0) is 16.1 Å². The summed E-state index contributed by atoms with van der Waals surface area (Å²) in [5.41, 5.74) is 6.44. The largest absolute Gasteiger partial charge is 0.454 e. The van der Waals surface area contributed by atoms with Gasteiger partial charge in [0.05, 0.1) is 0 Å². The van der Waals surface area contributed by atoms with Gasteiger partial charge >= 0.3 is 0 Å². The molecular weight excluding hydrogens is 248 g/mol. The number of methoxy groups -OCH3 is 1. The summed E-state index contributed by atoms with van der Waals surface area (Å²) in [5, 5.41) is 0. The molecule has 1 unspecified atom stereocenters. The van der Waals surface area contributed by atoms with E-state index in [1.165, 1.54) is 7.11 Å². The predicted molar refractivity (Wildman–Crippen MR) is 68.9 cm³/mol. The summed E-state index contributed by atoms with van der Waals surface area (Å²) in [7, 11) is 3.19. The van der Waals surface area contributed by atoms with E-state index < -0.39 is 6.10 Å². The highest BCUT2D eigenvalue weighted by Gasteiger charge is 2.21. The first-order chi connectivity index (χ1) is 9.15. The maximum absolute atomic E-state index is 12.0. The molecule has 2 N–H and O–H groups in total. The minimum absolute atomic E-state index is 0.136. The van der Waals surface area contributed by atoms with E-state index in [1.54, 1.807) is 11.9 Å². The summed E-state index contributed by atoms with van der Waals surface area (Å²) in [5.74, 6) is 1.30. The van der Waals surface area contributed by atoms with Gasteiger partial charge in [0.2, 0.25) is 6.79 Å². The quantitative estimate of drug-likeness (QED) is 0.832. The number of carbonyl (C=O) groups is 1. The molecule has 1 heterocycles. The topological polar surface area (TPSA) is 74.0 Å². The first kappa shape index (κ1) is 13.6. The molecule has 0 saturated carbocycles. The molecule has 0 saturated heterocycles. The minimum atomic E-state index is -0.598. The molecule has 2 rings (SSSR count). The molecular formula is C13H18N2O4. The van der Waals surface area contributed by atoms with Crippen molar-refractivity contribution in [3.8, 4) is 11.5 Å².